The molecule has 0 radical (unpaired) electrons. The van der Waals surface area contributed by atoms with E-state index in [0.29, 0.717) is 13.1 Å². The van der Waals surface area contributed by atoms with Gasteiger partial charge in [-0.2, -0.15) is 0 Å². The lowest BCUT2D eigenvalue weighted by molar-refractivity contribution is -0.117. The highest BCUT2D eigenvalue weighted by Gasteiger charge is 2.20. The third-order valence-electron chi connectivity index (χ3n) is 5.85. The SMILES string of the molecule is O=C(CN1CCN(Cc2cc(=O)n3ccsc3n2)CC1)Nc1ccc(-c2ccccc2)cc1. The van der Waals surface area contributed by atoms with E-state index in [0.717, 1.165) is 53.6 Å². The molecular formula is C25H25N5O2S. The van der Waals surface area contributed by atoms with Crippen molar-refractivity contribution in [3.8, 4) is 11.1 Å². The Bertz CT molecular complexity index is 1290. The van der Waals surface area contributed by atoms with E-state index < -0.39 is 0 Å². The molecule has 0 unspecified atom stereocenters. The predicted octanol–water partition coefficient (Wildman–Crippen LogP) is 3.18. The minimum absolute atomic E-state index is 0.00579. The second-order valence-electron chi connectivity index (χ2n) is 8.19. The summed E-state index contributed by atoms with van der Waals surface area (Å²) < 4.78 is 1.57. The molecule has 33 heavy (non-hydrogen) atoms. The number of thiazole rings is 1. The molecular weight excluding hydrogens is 434 g/mol. The van der Waals surface area contributed by atoms with Gasteiger partial charge in [-0.05, 0) is 23.3 Å². The summed E-state index contributed by atoms with van der Waals surface area (Å²) in [5.74, 6) is -0.00579. The van der Waals surface area contributed by atoms with Crippen LogP contribution in [-0.2, 0) is 11.3 Å². The first-order valence-corrected chi connectivity index (χ1v) is 11.9. The number of nitrogens with zero attached hydrogens (tertiary/aromatic N) is 4. The van der Waals surface area contributed by atoms with Gasteiger partial charge in [0.25, 0.3) is 5.56 Å². The lowest BCUT2D eigenvalue weighted by Gasteiger charge is -2.34. The molecule has 1 aliphatic heterocycles. The zero-order valence-electron chi connectivity index (χ0n) is 18.2. The number of anilines is 1. The van der Waals surface area contributed by atoms with Crippen LogP contribution in [0, 0.1) is 0 Å². The predicted molar refractivity (Wildman–Crippen MR) is 132 cm³/mol. The van der Waals surface area contributed by atoms with Crippen LogP contribution >= 0.6 is 11.3 Å². The Morgan fingerprint density at radius 3 is 2.39 bits per heavy atom. The molecule has 2 aromatic heterocycles. The minimum atomic E-state index is -0.0386. The number of carbonyl (C=O) groups excluding carboxylic acids is 1. The summed E-state index contributed by atoms with van der Waals surface area (Å²) in [6.07, 6.45) is 1.75. The van der Waals surface area contributed by atoms with Gasteiger partial charge in [-0.1, -0.05) is 42.5 Å². The third kappa shape index (κ3) is 5.19. The zero-order chi connectivity index (χ0) is 22.6. The number of hydrogen-bond donors (Lipinski definition) is 1. The second-order valence-corrected chi connectivity index (χ2v) is 9.06. The van der Waals surface area contributed by atoms with Crippen molar-refractivity contribution in [2.45, 2.75) is 6.54 Å². The number of fused-ring (bicyclic) bond motifs is 1. The van der Waals surface area contributed by atoms with Crippen molar-refractivity contribution in [2.75, 3.05) is 38.0 Å². The smallest absolute Gasteiger partial charge is 0.258 e. The monoisotopic (exact) mass is 459 g/mol. The molecule has 0 aliphatic carbocycles. The first-order chi connectivity index (χ1) is 16.1. The van der Waals surface area contributed by atoms with Gasteiger partial charge in [0, 0.05) is 56.1 Å². The number of piperazine rings is 1. The van der Waals surface area contributed by atoms with Crippen LogP contribution in [0.15, 0.2) is 77.0 Å². The fourth-order valence-electron chi connectivity index (χ4n) is 4.08. The van der Waals surface area contributed by atoms with E-state index in [9.17, 15) is 9.59 Å². The number of nitrogens with one attached hydrogen (secondary N) is 1. The first-order valence-electron chi connectivity index (χ1n) is 11.0. The molecule has 1 fully saturated rings. The van der Waals surface area contributed by atoms with E-state index in [4.69, 9.17) is 0 Å². The standard InChI is InChI=1S/C25H25N5O2S/c31-23(26-21-8-6-20(7-9-21)19-4-2-1-3-5-19)18-29-12-10-28(11-13-29)17-22-16-24(32)30-14-15-33-25(30)27-22/h1-9,14-16H,10-13,17-18H2,(H,26,31). The van der Waals surface area contributed by atoms with Crippen molar-refractivity contribution in [1.82, 2.24) is 19.2 Å². The normalized spacial score (nSPS) is 15.0. The van der Waals surface area contributed by atoms with Gasteiger partial charge in [0.15, 0.2) is 4.96 Å². The summed E-state index contributed by atoms with van der Waals surface area (Å²) in [4.78, 5) is 34.5. The molecule has 0 spiro atoms. The molecule has 8 heteroatoms. The molecule has 5 rings (SSSR count). The highest BCUT2D eigenvalue weighted by Crippen LogP contribution is 2.21. The Balaban J connectivity index is 1.10. The Hall–Kier alpha value is -3.33. The molecule has 1 amide bonds. The molecule has 0 saturated carbocycles. The van der Waals surface area contributed by atoms with Crippen molar-refractivity contribution in [2.24, 2.45) is 0 Å². The van der Waals surface area contributed by atoms with Gasteiger partial charge >= 0.3 is 0 Å². The summed E-state index contributed by atoms with van der Waals surface area (Å²) in [5.41, 5.74) is 3.85. The first kappa shape index (κ1) is 21.5. The average Bonchev–Trinajstić information content (AvgIpc) is 3.31. The quantitative estimate of drug-likeness (QED) is 0.480. The van der Waals surface area contributed by atoms with Gasteiger partial charge in [0.05, 0.1) is 12.2 Å². The van der Waals surface area contributed by atoms with Crippen molar-refractivity contribution >= 4 is 27.9 Å². The van der Waals surface area contributed by atoms with Crippen LogP contribution in [0.25, 0.3) is 16.1 Å². The lowest BCUT2D eigenvalue weighted by Crippen LogP contribution is -2.48. The van der Waals surface area contributed by atoms with Gasteiger partial charge in [-0.25, -0.2) is 4.98 Å². The maximum Gasteiger partial charge on any atom is 0.258 e. The van der Waals surface area contributed by atoms with Crippen LogP contribution in [0.2, 0.25) is 0 Å². The summed E-state index contributed by atoms with van der Waals surface area (Å²) in [6, 6.07) is 19.7. The summed E-state index contributed by atoms with van der Waals surface area (Å²) in [6.45, 7) is 4.31. The van der Waals surface area contributed by atoms with Crippen LogP contribution in [0.1, 0.15) is 5.69 Å². The highest BCUT2D eigenvalue weighted by atomic mass is 32.1. The number of amides is 1. The van der Waals surface area contributed by atoms with Crippen LogP contribution in [-0.4, -0.2) is 57.8 Å². The van der Waals surface area contributed by atoms with Gasteiger partial charge in [-0.15, -0.1) is 11.3 Å². The molecule has 1 aliphatic rings. The molecule has 168 valence electrons. The average molecular weight is 460 g/mol. The van der Waals surface area contributed by atoms with E-state index in [1.54, 1.807) is 16.7 Å². The van der Waals surface area contributed by atoms with Gasteiger partial charge in [-0.3, -0.25) is 23.8 Å². The lowest BCUT2D eigenvalue weighted by atomic mass is 10.1. The summed E-state index contributed by atoms with van der Waals surface area (Å²) in [7, 11) is 0. The molecule has 7 nitrogen and oxygen atoms in total. The van der Waals surface area contributed by atoms with Crippen molar-refractivity contribution in [3.63, 3.8) is 0 Å². The number of benzene rings is 2. The second kappa shape index (κ2) is 9.66. The number of hydrogen-bond acceptors (Lipinski definition) is 6. The van der Waals surface area contributed by atoms with Crippen LogP contribution in [0.3, 0.4) is 0 Å². The zero-order valence-corrected chi connectivity index (χ0v) is 19.0. The molecule has 1 N–H and O–H groups in total. The van der Waals surface area contributed by atoms with E-state index >= 15 is 0 Å². The molecule has 3 heterocycles. The topological polar surface area (TPSA) is 70.0 Å². The summed E-state index contributed by atoms with van der Waals surface area (Å²) in [5, 5.41) is 4.87. The summed E-state index contributed by atoms with van der Waals surface area (Å²) >= 11 is 1.47. The Morgan fingerprint density at radius 1 is 0.939 bits per heavy atom. The van der Waals surface area contributed by atoms with Crippen LogP contribution < -0.4 is 10.9 Å². The number of rotatable bonds is 6. The van der Waals surface area contributed by atoms with E-state index in [-0.39, 0.29) is 11.5 Å². The highest BCUT2D eigenvalue weighted by molar-refractivity contribution is 7.15. The molecule has 2 aromatic carbocycles. The fraction of sp³-hybridized carbons (Fsp3) is 0.240. The Labute approximate surface area is 195 Å². The van der Waals surface area contributed by atoms with E-state index in [1.165, 1.54) is 11.3 Å². The number of aromatic nitrogens is 2. The maximum atomic E-state index is 12.5. The van der Waals surface area contributed by atoms with Crippen molar-refractivity contribution in [1.29, 1.82) is 0 Å². The maximum absolute atomic E-state index is 12.5. The van der Waals surface area contributed by atoms with Gasteiger partial charge < -0.3 is 5.32 Å². The van der Waals surface area contributed by atoms with Crippen molar-refractivity contribution in [3.05, 3.63) is 88.3 Å². The van der Waals surface area contributed by atoms with Crippen LogP contribution in [0.5, 0.6) is 0 Å². The van der Waals surface area contributed by atoms with E-state index in [1.807, 2.05) is 47.8 Å². The Kier molecular flexibility index (Phi) is 6.30. The van der Waals surface area contributed by atoms with Gasteiger partial charge in [0.1, 0.15) is 0 Å². The minimum Gasteiger partial charge on any atom is -0.325 e. The molecule has 0 atom stereocenters. The van der Waals surface area contributed by atoms with Gasteiger partial charge in [0.2, 0.25) is 5.91 Å². The number of carbonyl (C=O) groups is 1. The Morgan fingerprint density at radius 2 is 1.64 bits per heavy atom. The largest absolute Gasteiger partial charge is 0.325 e. The van der Waals surface area contributed by atoms with E-state index in [2.05, 4.69) is 32.2 Å². The van der Waals surface area contributed by atoms with Crippen molar-refractivity contribution < 1.29 is 4.79 Å². The molecule has 0 bridgehead atoms. The molecule has 4 aromatic rings. The fourth-order valence-corrected chi connectivity index (χ4v) is 4.82. The van der Waals surface area contributed by atoms with Crippen LogP contribution in [0.4, 0.5) is 5.69 Å². The third-order valence-corrected chi connectivity index (χ3v) is 6.61. The molecule has 1 saturated heterocycles.